The first-order valence-electron chi connectivity index (χ1n) is 7.47. The highest BCUT2D eigenvalue weighted by Gasteiger charge is 2.22. The molecule has 1 N–H and O–H groups in total. The molecule has 2 aromatic heterocycles. The van der Waals surface area contributed by atoms with Crippen molar-refractivity contribution in [1.29, 1.82) is 0 Å². The van der Waals surface area contributed by atoms with E-state index >= 15 is 0 Å². The van der Waals surface area contributed by atoms with Crippen molar-refractivity contribution in [3.8, 4) is 0 Å². The molecule has 0 bridgehead atoms. The summed E-state index contributed by atoms with van der Waals surface area (Å²) in [5.41, 5.74) is 2.77. The van der Waals surface area contributed by atoms with Crippen molar-refractivity contribution >= 4 is 5.65 Å². The van der Waals surface area contributed by atoms with Gasteiger partial charge in [0, 0.05) is 12.3 Å². The first-order chi connectivity index (χ1) is 9.63. The van der Waals surface area contributed by atoms with Crippen molar-refractivity contribution < 1.29 is 4.90 Å². The fourth-order valence-corrected chi connectivity index (χ4v) is 3.10. The lowest BCUT2D eigenvalue weighted by Crippen LogP contribution is -3.15. The number of hydrogen-bond acceptors (Lipinski definition) is 2. The van der Waals surface area contributed by atoms with E-state index < -0.39 is 0 Å². The molecule has 0 radical (unpaired) electrons. The minimum absolute atomic E-state index is 0.0257. The van der Waals surface area contributed by atoms with Gasteiger partial charge in [0.2, 0.25) is 0 Å². The van der Waals surface area contributed by atoms with Crippen LogP contribution in [-0.4, -0.2) is 22.0 Å². The second-order valence-corrected chi connectivity index (χ2v) is 6.00. The average Bonchev–Trinajstić information content (AvgIpc) is 2.42. The van der Waals surface area contributed by atoms with Gasteiger partial charge in [-0.3, -0.25) is 9.20 Å². The summed E-state index contributed by atoms with van der Waals surface area (Å²) in [4.78, 5) is 18.4. The molecule has 4 nitrogen and oxygen atoms in total. The summed E-state index contributed by atoms with van der Waals surface area (Å²) in [5, 5.41) is 0. The van der Waals surface area contributed by atoms with Crippen LogP contribution in [0.3, 0.4) is 0 Å². The van der Waals surface area contributed by atoms with Crippen LogP contribution in [0.4, 0.5) is 0 Å². The summed E-state index contributed by atoms with van der Waals surface area (Å²) < 4.78 is 1.63. The van der Waals surface area contributed by atoms with E-state index in [-0.39, 0.29) is 5.56 Å². The van der Waals surface area contributed by atoms with E-state index in [9.17, 15) is 4.79 Å². The molecule has 3 rings (SSSR count). The van der Waals surface area contributed by atoms with E-state index in [1.165, 1.54) is 25.8 Å². The zero-order valence-corrected chi connectivity index (χ0v) is 12.2. The summed E-state index contributed by atoms with van der Waals surface area (Å²) in [5.74, 6) is 0. The fourth-order valence-electron chi connectivity index (χ4n) is 3.10. The van der Waals surface area contributed by atoms with Gasteiger partial charge in [-0.2, -0.15) is 0 Å². The molecule has 1 aliphatic rings. The van der Waals surface area contributed by atoms with Crippen LogP contribution in [0.25, 0.3) is 5.65 Å². The smallest absolute Gasteiger partial charge is 0.258 e. The molecule has 1 saturated heterocycles. The maximum Gasteiger partial charge on any atom is 0.258 e. The first-order valence-corrected chi connectivity index (χ1v) is 7.47. The van der Waals surface area contributed by atoms with Crippen LogP contribution in [0.15, 0.2) is 29.2 Å². The third-order valence-electron chi connectivity index (χ3n) is 4.35. The number of quaternary nitrogens is 1. The van der Waals surface area contributed by atoms with Crippen molar-refractivity contribution in [2.45, 2.75) is 45.7 Å². The molecule has 20 heavy (non-hydrogen) atoms. The maximum atomic E-state index is 12.2. The molecule has 1 fully saturated rings. The number of aromatic nitrogens is 2. The van der Waals surface area contributed by atoms with Gasteiger partial charge in [0.25, 0.3) is 5.56 Å². The van der Waals surface area contributed by atoms with E-state index in [1.807, 2.05) is 25.3 Å². The standard InChI is InChI=1S/C16H21N3O/c1-12-6-7-15-17-14(9-16(20)19(15)10-12)11-18-8-4-3-5-13(18)2/h6-7,9-10,13H,3-5,8,11H2,1-2H3/p+1/t13-/m0/s1. The van der Waals surface area contributed by atoms with Crippen LogP contribution in [0.1, 0.15) is 37.4 Å². The summed E-state index contributed by atoms with van der Waals surface area (Å²) in [6, 6.07) is 6.29. The molecule has 0 aromatic carbocycles. The Labute approximate surface area is 119 Å². The Hall–Kier alpha value is -1.68. The second kappa shape index (κ2) is 5.37. The minimum Gasteiger partial charge on any atom is -0.328 e. The SMILES string of the molecule is Cc1ccc2nc(C[NH+]3CCCC[C@@H]3C)cc(=O)n2c1. The topological polar surface area (TPSA) is 38.8 Å². The number of fused-ring (bicyclic) bond motifs is 1. The lowest BCUT2D eigenvalue weighted by molar-refractivity contribution is -0.942. The van der Waals surface area contributed by atoms with Crippen molar-refractivity contribution in [3.63, 3.8) is 0 Å². The minimum atomic E-state index is 0.0257. The third kappa shape index (κ3) is 2.61. The van der Waals surface area contributed by atoms with Crippen molar-refractivity contribution in [2.24, 2.45) is 0 Å². The summed E-state index contributed by atoms with van der Waals surface area (Å²) >= 11 is 0. The van der Waals surface area contributed by atoms with E-state index in [1.54, 1.807) is 15.4 Å². The highest BCUT2D eigenvalue weighted by atomic mass is 16.1. The van der Waals surface area contributed by atoms with E-state index in [4.69, 9.17) is 0 Å². The van der Waals surface area contributed by atoms with Gasteiger partial charge in [-0.25, -0.2) is 4.98 Å². The Bertz CT molecular complexity index is 677. The van der Waals surface area contributed by atoms with Crippen LogP contribution in [0.5, 0.6) is 0 Å². The molecule has 0 aliphatic carbocycles. The van der Waals surface area contributed by atoms with Gasteiger partial charge in [0.05, 0.1) is 12.6 Å². The Kier molecular flexibility index (Phi) is 3.57. The molecule has 1 unspecified atom stereocenters. The van der Waals surface area contributed by atoms with Gasteiger partial charge in [-0.05, 0) is 44.7 Å². The molecule has 2 aromatic rings. The van der Waals surface area contributed by atoms with Gasteiger partial charge in [-0.15, -0.1) is 0 Å². The van der Waals surface area contributed by atoms with Crippen LogP contribution < -0.4 is 10.5 Å². The third-order valence-corrected chi connectivity index (χ3v) is 4.35. The second-order valence-electron chi connectivity index (χ2n) is 6.00. The van der Waals surface area contributed by atoms with Crippen LogP contribution in [-0.2, 0) is 6.54 Å². The van der Waals surface area contributed by atoms with Crippen LogP contribution >= 0.6 is 0 Å². The number of hydrogen-bond donors (Lipinski definition) is 1. The maximum absolute atomic E-state index is 12.2. The van der Waals surface area contributed by atoms with Crippen molar-refractivity contribution in [3.05, 3.63) is 46.0 Å². The van der Waals surface area contributed by atoms with Gasteiger partial charge < -0.3 is 4.90 Å². The molecular weight excluding hydrogens is 250 g/mol. The molecule has 2 atom stereocenters. The molecule has 4 heteroatoms. The summed E-state index contributed by atoms with van der Waals surface area (Å²) in [6.45, 7) is 6.34. The van der Waals surface area contributed by atoms with Crippen molar-refractivity contribution in [1.82, 2.24) is 9.38 Å². The van der Waals surface area contributed by atoms with Gasteiger partial charge >= 0.3 is 0 Å². The number of likely N-dealkylation sites (tertiary alicyclic amines) is 1. The number of rotatable bonds is 2. The number of pyridine rings is 1. The number of piperidine rings is 1. The summed E-state index contributed by atoms with van der Waals surface area (Å²) in [6.07, 6.45) is 5.75. The van der Waals surface area contributed by atoms with Gasteiger partial charge in [0.1, 0.15) is 17.9 Å². The predicted octanol–water partition coefficient (Wildman–Crippen LogP) is 0.960. The zero-order chi connectivity index (χ0) is 14.1. The molecule has 0 amide bonds. The molecule has 0 spiro atoms. The predicted molar refractivity (Wildman–Crippen MR) is 79.0 cm³/mol. The molecule has 3 heterocycles. The Morgan fingerprint density at radius 1 is 1.40 bits per heavy atom. The Morgan fingerprint density at radius 2 is 2.25 bits per heavy atom. The van der Waals surface area contributed by atoms with Crippen LogP contribution in [0, 0.1) is 6.92 Å². The summed E-state index contributed by atoms with van der Waals surface area (Å²) in [7, 11) is 0. The number of nitrogens with zero attached hydrogens (tertiary/aromatic N) is 2. The quantitative estimate of drug-likeness (QED) is 0.884. The van der Waals surface area contributed by atoms with Crippen LogP contribution in [0.2, 0.25) is 0 Å². The molecular formula is C16H22N3O+. The zero-order valence-electron chi connectivity index (χ0n) is 12.2. The highest BCUT2D eigenvalue weighted by molar-refractivity contribution is 5.39. The van der Waals surface area contributed by atoms with E-state index in [0.717, 1.165) is 23.4 Å². The average molecular weight is 272 g/mol. The van der Waals surface area contributed by atoms with E-state index in [0.29, 0.717) is 6.04 Å². The van der Waals surface area contributed by atoms with Gasteiger partial charge in [-0.1, -0.05) is 6.07 Å². The lowest BCUT2D eigenvalue weighted by atomic mass is 10.0. The highest BCUT2D eigenvalue weighted by Crippen LogP contribution is 2.05. The number of aryl methyl sites for hydroxylation is 1. The first kappa shape index (κ1) is 13.3. The Morgan fingerprint density at radius 3 is 3.05 bits per heavy atom. The monoisotopic (exact) mass is 272 g/mol. The van der Waals surface area contributed by atoms with Crippen molar-refractivity contribution in [2.75, 3.05) is 6.54 Å². The molecule has 1 aliphatic heterocycles. The number of nitrogens with one attached hydrogen (secondary N) is 1. The molecule has 106 valence electrons. The normalized spacial score (nSPS) is 23.1. The van der Waals surface area contributed by atoms with Gasteiger partial charge in [0.15, 0.2) is 0 Å². The molecule has 0 saturated carbocycles. The van der Waals surface area contributed by atoms with E-state index in [2.05, 4.69) is 11.9 Å². The Balaban J connectivity index is 1.92. The largest absolute Gasteiger partial charge is 0.328 e. The lowest BCUT2D eigenvalue weighted by Gasteiger charge is -2.29. The fraction of sp³-hybridized carbons (Fsp3) is 0.500.